The molecule has 0 N–H and O–H groups in total. The molecule has 1 unspecified atom stereocenters. The number of benzene rings is 1. The zero-order valence-electron chi connectivity index (χ0n) is 7.41. The maximum Gasteiger partial charge on any atom is 0.118 e. The van der Waals surface area contributed by atoms with Gasteiger partial charge in [-0.3, -0.25) is 0 Å². The van der Waals surface area contributed by atoms with Crippen LogP contribution in [-0.2, 0) is 4.74 Å². The molecule has 1 rings (SSSR count). The second kappa shape index (κ2) is 4.12. The fraction of sp³-hybridized carbons (Fsp3) is 0.300. The van der Waals surface area contributed by atoms with Gasteiger partial charge in [0, 0.05) is 7.11 Å². The first-order valence-corrected chi connectivity index (χ1v) is 3.77. The number of hydrogen-bond donors (Lipinski definition) is 0. The topological polar surface area (TPSA) is 18.5 Å². The molecule has 2 nitrogen and oxygen atoms in total. The highest BCUT2D eigenvalue weighted by molar-refractivity contribution is 5.28. The Labute approximate surface area is 73.1 Å². The lowest BCUT2D eigenvalue weighted by Crippen LogP contribution is -1.95. The fourth-order valence-corrected chi connectivity index (χ4v) is 0.955. The predicted octanol–water partition coefficient (Wildman–Crippen LogP) is 2.22. The lowest BCUT2D eigenvalue weighted by Gasteiger charge is -2.09. The Morgan fingerprint density at radius 1 is 1.17 bits per heavy atom. The van der Waals surface area contributed by atoms with Gasteiger partial charge in [-0.1, -0.05) is 12.1 Å². The van der Waals surface area contributed by atoms with Crippen LogP contribution in [0.4, 0.5) is 0 Å². The van der Waals surface area contributed by atoms with Crippen molar-refractivity contribution in [2.45, 2.75) is 6.10 Å². The Morgan fingerprint density at radius 2 is 1.75 bits per heavy atom. The zero-order chi connectivity index (χ0) is 8.97. The first kappa shape index (κ1) is 9.07. The minimum Gasteiger partial charge on any atom is -0.497 e. The van der Waals surface area contributed by atoms with Crippen LogP contribution in [0, 0.1) is 6.92 Å². The molecule has 0 aliphatic rings. The third kappa shape index (κ3) is 1.98. The minimum atomic E-state index is -0.101. The van der Waals surface area contributed by atoms with E-state index in [0.717, 1.165) is 11.3 Å². The molecule has 0 amide bonds. The number of methoxy groups -OCH3 is 2. The van der Waals surface area contributed by atoms with Gasteiger partial charge in [-0.05, 0) is 24.6 Å². The van der Waals surface area contributed by atoms with Crippen molar-refractivity contribution in [2.75, 3.05) is 14.2 Å². The molecule has 0 bridgehead atoms. The third-order valence-electron chi connectivity index (χ3n) is 1.77. The van der Waals surface area contributed by atoms with Gasteiger partial charge in [-0.25, -0.2) is 0 Å². The molecule has 0 aromatic heterocycles. The van der Waals surface area contributed by atoms with Crippen LogP contribution in [0.25, 0.3) is 0 Å². The molecule has 0 aliphatic heterocycles. The maximum atomic E-state index is 5.06. The van der Waals surface area contributed by atoms with Gasteiger partial charge in [0.25, 0.3) is 0 Å². The average Bonchev–Trinajstić information content (AvgIpc) is 2.17. The van der Waals surface area contributed by atoms with E-state index < -0.39 is 0 Å². The molecule has 1 atom stereocenters. The molecule has 0 aliphatic carbocycles. The fourth-order valence-electron chi connectivity index (χ4n) is 0.955. The summed E-state index contributed by atoms with van der Waals surface area (Å²) >= 11 is 0. The highest BCUT2D eigenvalue weighted by atomic mass is 16.5. The van der Waals surface area contributed by atoms with Crippen LogP contribution >= 0.6 is 0 Å². The molecular formula is C10H13O2. The second-order valence-electron chi connectivity index (χ2n) is 2.50. The molecule has 0 heterocycles. The molecule has 12 heavy (non-hydrogen) atoms. The Balaban J connectivity index is 2.77. The van der Waals surface area contributed by atoms with E-state index in [1.807, 2.05) is 24.3 Å². The Hall–Kier alpha value is -1.02. The van der Waals surface area contributed by atoms with Crippen molar-refractivity contribution < 1.29 is 9.47 Å². The largest absolute Gasteiger partial charge is 0.497 e. The summed E-state index contributed by atoms with van der Waals surface area (Å²) in [5.41, 5.74) is 1.05. The number of hydrogen-bond acceptors (Lipinski definition) is 2. The van der Waals surface area contributed by atoms with Crippen molar-refractivity contribution in [1.29, 1.82) is 0 Å². The molecule has 2 heteroatoms. The molecular weight excluding hydrogens is 152 g/mol. The van der Waals surface area contributed by atoms with Crippen LogP contribution in [0.3, 0.4) is 0 Å². The third-order valence-corrected chi connectivity index (χ3v) is 1.77. The SMILES string of the molecule is [CH2]C(OC)c1ccc(OC)cc1. The summed E-state index contributed by atoms with van der Waals surface area (Å²) in [7, 11) is 3.29. The van der Waals surface area contributed by atoms with E-state index in [9.17, 15) is 0 Å². The van der Waals surface area contributed by atoms with Crippen LogP contribution in [0.1, 0.15) is 11.7 Å². The molecule has 1 radical (unpaired) electrons. The summed E-state index contributed by atoms with van der Waals surface area (Å²) in [5, 5.41) is 0. The van der Waals surface area contributed by atoms with Crippen molar-refractivity contribution in [3.63, 3.8) is 0 Å². The van der Waals surface area contributed by atoms with Crippen LogP contribution in [0.2, 0.25) is 0 Å². The van der Waals surface area contributed by atoms with Crippen LogP contribution < -0.4 is 4.74 Å². The van der Waals surface area contributed by atoms with E-state index in [4.69, 9.17) is 9.47 Å². The van der Waals surface area contributed by atoms with Gasteiger partial charge in [0.05, 0.1) is 13.2 Å². The van der Waals surface area contributed by atoms with Gasteiger partial charge in [-0.15, -0.1) is 0 Å². The highest BCUT2D eigenvalue weighted by Gasteiger charge is 2.02. The average molecular weight is 165 g/mol. The van der Waals surface area contributed by atoms with Gasteiger partial charge < -0.3 is 9.47 Å². The quantitative estimate of drug-likeness (QED) is 0.683. The van der Waals surface area contributed by atoms with Gasteiger partial charge in [0.2, 0.25) is 0 Å². The van der Waals surface area contributed by atoms with Crippen LogP contribution in [-0.4, -0.2) is 14.2 Å². The maximum absolute atomic E-state index is 5.06. The van der Waals surface area contributed by atoms with E-state index in [0.29, 0.717) is 0 Å². The first-order chi connectivity index (χ1) is 5.77. The van der Waals surface area contributed by atoms with Crippen molar-refractivity contribution in [3.05, 3.63) is 36.8 Å². The molecule has 1 aromatic carbocycles. The van der Waals surface area contributed by atoms with Crippen molar-refractivity contribution >= 4 is 0 Å². The molecule has 0 saturated heterocycles. The molecule has 0 saturated carbocycles. The van der Waals surface area contributed by atoms with Crippen LogP contribution in [0.5, 0.6) is 5.75 Å². The Kier molecular flexibility index (Phi) is 3.11. The summed E-state index contributed by atoms with van der Waals surface area (Å²) in [6.45, 7) is 3.82. The summed E-state index contributed by atoms with van der Waals surface area (Å²) < 4.78 is 10.1. The van der Waals surface area contributed by atoms with Crippen molar-refractivity contribution in [2.24, 2.45) is 0 Å². The summed E-state index contributed by atoms with van der Waals surface area (Å²) in [4.78, 5) is 0. The summed E-state index contributed by atoms with van der Waals surface area (Å²) in [6, 6.07) is 7.68. The molecule has 0 fully saturated rings. The highest BCUT2D eigenvalue weighted by Crippen LogP contribution is 2.18. The molecule has 1 aromatic rings. The van der Waals surface area contributed by atoms with Gasteiger partial charge in [-0.2, -0.15) is 0 Å². The first-order valence-electron chi connectivity index (χ1n) is 3.77. The normalized spacial score (nSPS) is 12.6. The Morgan fingerprint density at radius 3 is 2.17 bits per heavy atom. The van der Waals surface area contributed by atoms with Gasteiger partial charge in [0.15, 0.2) is 0 Å². The van der Waals surface area contributed by atoms with Crippen molar-refractivity contribution in [1.82, 2.24) is 0 Å². The lowest BCUT2D eigenvalue weighted by atomic mass is 10.1. The zero-order valence-corrected chi connectivity index (χ0v) is 7.41. The predicted molar refractivity (Wildman–Crippen MR) is 48.1 cm³/mol. The van der Waals surface area contributed by atoms with Gasteiger partial charge in [0.1, 0.15) is 5.75 Å². The summed E-state index contributed by atoms with van der Waals surface area (Å²) in [6.07, 6.45) is -0.101. The Bertz CT molecular complexity index is 228. The monoisotopic (exact) mass is 165 g/mol. The minimum absolute atomic E-state index is 0.101. The van der Waals surface area contributed by atoms with Crippen molar-refractivity contribution in [3.8, 4) is 5.75 Å². The smallest absolute Gasteiger partial charge is 0.118 e. The number of rotatable bonds is 3. The van der Waals surface area contributed by atoms with Gasteiger partial charge >= 0.3 is 0 Å². The van der Waals surface area contributed by atoms with E-state index in [-0.39, 0.29) is 6.10 Å². The standard InChI is InChI=1S/C10H13O2/c1-8(11-2)9-4-6-10(12-3)7-5-9/h4-8H,1H2,2-3H3. The lowest BCUT2D eigenvalue weighted by molar-refractivity contribution is 0.140. The van der Waals surface area contributed by atoms with Crippen LogP contribution in [0.15, 0.2) is 24.3 Å². The van der Waals surface area contributed by atoms with E-state index in [2.05, 4.69) is 6.92 Å². The molecule has 65 valence electrons. The summed E-state index contributed by atoms with van der Waals surface area (Å²) in [5.74, 6) is 0.849. The number of ether oxygens (including phenoxy) is 2. The van der Waals surface area contributed by atoms with E-state index in [1.54, 1.807) is 14.2 Å². The van der Waals surface area contributed by atoms with E-state index >= 15 is 0 Å². The van der Waals surface area contributed by atoms with E-state index in [1.165, 1.54) is 0 Å². The second-order valence-corrected chi connectivity index (χ2v) is 2.50. The molecule has 0 spiro atoms.